The molecule has 0 aliphatic carbocycles. The summed E-state index contributed by atoms with van der Waals surface area (Å²) >= 11 is 0. The number of ether oxygens (including phenoxy) is 1. The van der Waals surface area contributed by atoms with Crippen molar-refractivity contribution >= 4 is 0 Å². The Kier molecular flexibility index (Phi) is 5.33. The fraction of sp³-hybridized carbons (Fsp3) is 0.500. The molecule has 0 saturated heterocycles. The Balaban J connectivity index is 1.86. The van der Waals surface area contributed by atoms with E-state index in [0.717, 1.165) is 12.1 Å². The van der Waals surface area contributed by atoms with E-state index >= 15 is 0 Å². The maximum atomic E-state index is 5.54. The van der Waals surface area contributed by atoms with Crippen LogP contribution in [0.3, 0.4) is 0 Å². The van der Waals surface area contributed by atoms with Gasteiger partial charge in [0.25, 0.3) is 0 Å². The van der Waals surface area contributed by atoms with E-state index in [2.05, 4.69) is 60.4 Å². The van der Waals surface area contributed by atoms with Crippen LogP contribution in [0.1, 0.15) is 37.8 Å². The Hall–Kier alpha value is -1.88. The molecule has 0 saturated carbocycles. The van der Waals surface area contributed by atoms with Crippen molar-refractivity contribution in [3.8, 4) is 6.01 Å². The third kappa shape index (κ3) is 4.86. The molecule has 0 aliphatic rings. The molecule has 1 heterocycles. The fourth-order valence-corrected chi connectivity index (χ4v) is 2.01. The van der Waals surface area contributed by atoms with Gasteiger partial charge in [0.15, 0.2) is 0 Å². The maximum Gasteiger partial charge on any atom is 0.335 e. The van der Waals surface area contributed by atoms with Crippen LogP contribution in [0.15, 0.2) is 30.6 Å². The van der Waals surface area contributed by atoms with Gasteiger partial charge >= 0.3 is 6.01 Å². The van der Waals surface area contributed by atoms with E-state index in [9.17, 15) is 0 Å². The molecule has 1 unspecified atom stereocenters. The van der Waals surface area contributed by atoms with Crippen LogP contribution in [-0.4, -0.2) is 27.4 Å². The monoisotopic (exact) mass is 288 g/mol. The van der Waals surface area contributed by atoms with Gasteiger partial charge in [0.1, 0.15) is 12.9 Å². The Bertz CT molecular complexity index is 548. The number of hydrogen-bond donors (Lipinski definition) is 1. The van der Waals surface area contributed by atoms with E-state index in [1.54, 1.807) is 11.0 Å². The third-order valence-corrected chi connectivity index (χ3v) is 3.33. The van der Waals surface area contributed by atoms with Crippen LogP contribution in [0.25, 0.3) is 0 Å². The third-order valence-electron chi connectivity index (χ3n) is 3.33. The summed E-state index contributed by atoms with van der Waals surface area (Å²) in [4.78, 5) is 4.04. The van der Waals surface area contributed by atoms with Crippen molar-refractivity contribution in [1.82, 2.24) is 20.1 Å². The highest BCUT2D eigenvalue weighted by atomic mass is 16.5. The predicted octanol–water partition coefficient (Wildman–Crippen LogP) is 2.50. The zero-order valence-corrected chi connectivity index (χ0v) is 13.2. The summed E-state index contributed by atoms with van der Waals surface area (Å²) in [5.74, 6) is 0.500. The number of rotatable bonds is 7. The molecule has 2 aromatic rings. The lowest BCUT2D eigenvalue weighted by molar-refractivity contribution is 0.280. The van der Waals surface area contributed by atoms with Crippen molar-refractivity contribution in [3.63, 3.8) is 0 Å². The molecule has 2 rings (SSSR count). The van der Waals surface area contributed by atoms with E-state index in [4.69, 9.17) is 4.74 Å². The van der Waals surface area contributed by atoms with E-state index in [-0.39, 0.29) is 0 Å². The van der Waals surface area contributed by atoms with Crippen LogP contribution in [0.4, 0.5) is 0 Å². The Labute approximate surface area is 126 Å². The molecular formula is C16H24N4O. The minimum absolute atomic E-state index is 0.413. The predicted molar refractivity (Wildman–Crippen MR) is 83.3 cm³/mol. The second-order valence-electron chi connectivity index (χ2n) is 5.70. The summed E-state index contributed by atoms with van der Waals surface area (Å²) in [5.41, 5.74) is 2.46. The van der Waals surface area contributed by atoms with Crippen molar-refractivity contribution < 1.29 is 4.74 Å². The van der Waals surface area contributed by atoms with Gasteiger partial charge in [-0.2, -0.15) is 4.98 Å². The van der Waals surface area contributed by atoms with Crippen LogP contribution in [0, 0.1) is 0 Å². The molecule has 0 fully saturated rings. The minimum atomic E-state index is 0.413. The van der Waals surface area contributed by atoms with Gasteiger partial charge in [-0.15, -0.1) is 5.10 Å². The number of benzene rings is 1. The highest BCUT2D eigenvalue weighted by Gasteiger charge is 2.06. The van der Waals surface area contributed by atoms with Gasteiger partial charge < -0.3 is 10.1 Å². The number of aromatic nitrogens is 3. The van der Waals surface area contributed by atoms with Gasteiger partial charge in [-0.3, -0.25) is 4.68 Å². The molecule has 5 heteroatoms. The van der Waals surface area contributed by atoms with Crippen LogP contribution in [-0.2, 0) is 13.7 Å². The summed E-state index contributed by atoms with van der Waals surface area (Å²) in [6.45, 7) is 8.05. The molecule has 0 spiro atoms. The quantitative estimate of drug-likeness (QED) is 0.850. The molecule has 1 aromatic heterocycles. The molecule has 0 radical (unpaired) electrons. The summed E-state index contributed by atoms with van der Waals surface area (Å²) in [5, 5.41) is 7.55. The molecule has 0 amide bonds. The van der Waals surface area contributed by atoms with Crippen LogP contribution >= 0.6 is 0 Å². The van der Waals surface area contributed by atoms with E-state index < -0.39 is 0 Å². The number of aryl methyl sites for hydroxylation is 1. The lowest BCUT2D eigenvalue weighted by Crippen LogP contribution is -2.26. The number of nitrogens with one attached hydrogen (secondary N) is 1. The topological polar surface area (TPSA) is 52.0 Å². The first-order valence-electron chi connectivity index (χ1n) is 7.35. The molecule has 1 N–H and O–H groups in total. The zero-order chi connectivity index (χ0) is 15.2. The van der Waals surface area contributed by atoms with Crippen LogP contribution in [0.5, 0.6) is 6.01 Å². The van der Waals surface area contributed by atoms with Crippen molar-refractivity contribution in [3.05, 3.63) is 41.7 Å². The lowest BCUT2D eigenvalue weighted by Gasteiger charge is -2.15. The SMILES string of the molecule is CC(C)NCC(C)c1ccc(COc2ncn(C)n2)cc1. The average Bonchev–Trinajstić information content (AvgIpc) is 2.89. The molecule has 1 aromatic carbocycles. The Morgan fingerprint density at radius 3 is 2.48 bits per heavy atom. The van der Waals surface area contributed by atoms with Gasteiger partial charge in [-0.25, -0.2) is 0 Å². The zero-order valence-electron chi connectivity index (χ0n) is 13.2. The van der Waals surface area contributed by atoms with E-state index in [1.807, 2.05) is 7.05 Å². The normalized spacial score (nSPS) is 12.6. The smallest absolute Gasteiger partial charge is 0.335 e. The lowest BCUT2D eigenvalue weighted by atomic mass is 10.00. The van der Waals surface area contributed by atoms with Crippen molar-refractivity contribution in [2.75, 3.05) is 6.54 Å². The minimum Gasteiger partial charge on any atom is -0.458 e. The van der Waals surface area contributed by atoms with Crippen molar-refractivity contribution in [1.29, 1.82) is 0 Å². The highest BCUT2D eigenvalue weighted by Crippen LogP contribution is 2.16. The van der Waals surface area contributed by atoms with Gasteiger partial charge in [0.05, 0.1) is 0 Å². The maximum absolute atomic E-state index is 5.54. The first kappa shape index (κ1) is 15.5. The molecule has 0 bridgehead atoms. The second kappa shape index (κ2) is 7.22. The number of hydrogen-bond acceptors (Lipinski definition) is 4. The molecule has 21 heavy (non-hydrogen) atoms. The second-order valence-corrected chi connectivity index (χ2v) is 5.70. The Morgan fingerprint density at radius 2 is 1.90 bits per heavy atom. The molecular weight excluding hydrogens is 264 g/mol. The first-order chi connectivity index (χ1) is 10.0. The van der Waals surface area contributed by atoms with Gasteiger partial charge in [0, 0.05) is 19.6 Å². The van der Waals surface area contributed by atoms with Gasteiger partial charge in [-0.05, 0) is 17.0 Å². The van der Waals surface area contributed by atoms with E-state index in [1.165, 1.54) is 5.56 Å². The molecule has 114 valence electrons. The summed E-state index contributed by atoms with van der Waals surface area (Å²) in [6, 6.07) is 9.46. The Morgan fingerprint density at radius 1 is 1.19 bits per heavy atom. The number of nitrogens with zero attached hydrogens (tertiary/aromatic N) is 3. The molecule has 5 nitrogen and oxygen atoms in total. The van der Waals surface area contributed by atoms with Crippen molar-refractivity contribution in [2.45, 2.75) is 39.3 Å². The summed E-state index contributed by atoms with van der Waals surface area (Å²) in [6.07, 6.45) is 1.63. The largest absolute Gasteiger partial charge is 0.458 e. The van der Waals surface area contributed by atoms with Crippen LogP contribution < -0.4 is 10.1 Å². The van der Waals surface area contributed by atoms with Crippen molar-refractivity contribution in [2.24, 2.45) is 7.05 Å². The average molecular weight is 288 g/mol. The highest BCUT2D eigenvalue weighted by molar-refractivity contribution is 5.25. The van der Waals surface area contributed by atoms with Gasteiger partial charge in [0.2, 0.25) is 0 Å². The fourth-order valence-electron chi connectivity index (χ4n) is 2.01. The molecule has 1 atom stereocenters. The van der Waals surface area contributed by atoms with Gasteiger partial charge in [-0.1, -0.05) is 45.0 Å². The van der Waals surface area contributed by atoms with Crippen LogP contribution in [0.2, 0.25) is 0 Å². The molecule has 0 aliphatic heterocycles. The first-order valence-corrected chi connectivity index (χ1v) is 7.35. The summed E-state index contributed by atoms with van der Waals surface area (Å²) < 4.78 is 7.16. The standard InChI is InChI=1S/C16H24N4O/c1-12(2)17-9-13(3)15-7-5-14(6-8-15)10-21-16-18-11-20(4)19-16/h5-8,11-13,17H,9-10H2,1-4H3. The van der Waals surface area contributed by atoms with E-state index in [0.29, 0.717) is 24.6 Å². The summed E-state index contributed by atoms with van der Waals surface area (Å²) in [7, 11) is 1.82.